The molecule has 4 aliphatic rings. The van der Waals surface area contributed by atoms with Crippen molar-refractivity contribution in [2.24, 2.45) is 0 Å². The van der Waals surface area contributed by atoms with E-state index in [4.69, 9.17) is 9.47 Å². The van der Waals surface area contributed by atoms with E-state index in [2.05, 4.69) is 278 Å². The molecule has 14 rings (SSSR count). The van der Waals surface area contributed by atoms with Crippen molar-refractivity contribution in [2.75, 3.05) is 4.90 Å². The molecule has 0 saturated heterocycles. The van der Waals surface area contributed by atoms with E-state index in [0.29, 0.717) is 11.8 Å². The lowest BCUT2D eigenvalue weighted by Crippen LogP contribution is -2.63. The van der Waals surface area contributed by atoms with Crippen molar-refractivity contribution in [3.05, 3.63) is 191 Å². The molecule has 0 spiro atoms. The summed E-state index contributed by atoms with van der Waals surface area (Å²) in [7, 11) is 0. The minimum absolute atomic E-state index is 0.0282. The monoisotopic (exact) mass is 1070 g/mol. The highest BCUT2D eigenvalue weighted by atomic mass is 16.5. The molecular formula is C76H76B2N2O2. The molecule has 0 amide bonds. The molecule has 0 bridgehead atoms. The molecule has 9 aromatic carbocycles. The topological polar surface area (TPSA) is 26.6 Å². The minimum Gasteiger partial charge on any atom is -0.456 e. The summed E-state index contributed by atoms with van der Waals surface area (Å²) in [5.74, 6) is 4.44. The summed E-state index contributed by atoms with van der Waals surface area (Å²) in [5, 5.41) is 2.53. The van der Waals surface area contributed by atoms with E-state index >= 15 is 0 Å². The van der Waals surface area contributed by atoms with Gasteiger partial charge in [-0.2, -0.15) is 0 Å². The molecule has 408 valence electrons. The van der Waals surface area contributed by atoms with E-state index in [0.717, 1.165) is 62.1 Å². The molecule has 5 heterocycles. The first-order chi connectivity index (χ1) is 38.8. The molecular weight excluding hydrogens is 994 g/mol. The normalized spacial score (nSPS) is 14.2. The minimum atomic E-state index is -0.207. The molecule has 4 nitrogen and oxygen atoms in total. The van der Waals surface area contributed by atoms with E-state index in [1.165, 1.54) is 93.8 Å². The summed E-state index contributed by atoms with van der Waals surface area (Å²) in [6, 6.07) is 61.2. The molecule has 0 unspecified atom stereocenters. The van der Waals surface area contributed by atoms with Gasteiger partial charge in [0, 0.05) is 38.6 Å². The Balaban J connectivity index is 1.15. The standard InChI is InChI=1S/C76H76B2N2O2/c1-43(2)45-17-21-47(22-18-45)49-25-35-64-59(37-49)77-58-41-53(75(11,12)13)30-34-63(58)79(55-31-27-51(28-32-55)73(5,6)7)69-66(77)72(82-64)70-67-71(69)81-65-36-26-50(48-23-19-46(20-24-48)44(3)4)38-60(65)78(67)61-42-54(76(14,15)16)40-57-56-39-52(74(8,9)10)29-33-62(56)80(70)68(57)61/h17-44H,1-16H3. The van der Waals surface area contributed by atoms with Crippen LogP contribution in [-0.4, -0.2) is 18.0 Å². The van der Waals surface area contributed by atoms with Gasteiger partial charge in [-0.15, -0.1) is 0 Å². The average Bonchev–Trinajstić information content (AvgIpc) is 2.72. The fraction of sp³-hybridized carbons (Fsp3) is 0.289. The Labute approximate surface area is 487 Å². The second-order valence-electron chi connectivity index (χ2n) is 29.0. The predicted molar refractivity (Wildman–Crippen MR) is 352 cm³/mol. The number of fused-ring (bicyclic) bond motifs is 13. The van der Waals surface area contributed by atoms with Crippen molar-refractivity contribution in [1.82, 2.24) is 4.57 Å². The van der Waals surface area contributed by atoms with Gasteiger partial charge in [0.25, 0.3) is 13.4 Å². The number of nitrogens with zero attached hydrogens (tertiary/aromatic N) is 2. The molecule has 6 heteroatoms. The van der Waals surface area contributed by atoms with Crippen molar-refractivity contribution >= 4 is 85.1 Å². The maximum absolute atomic E-state index is 7.93. The van der Waals surface area contributed by atoms with Crippen LogP contribution in [-0.2, 0) is 21.7 Å². The Bertz CT molecular complexity index is 4300. The fourth-order valence-electron chi connectivity index (χ4n) is 13.8. The molecule has 0 aliphatic carbocycles. The summed E-state index contributed by atoms with van der Waals surface area (Å²) in [6.45, 7) is 36.7. The zero-order chi connectivity index (χ0) is 57.4. The van der Waals surface area contributed by atoms with Gasteiger partial charge in [-0.3, -0.25) is 0 Å². The molecule has 10 aromatic rings. The van der Waals surface area contributed by atoms with Gasteiger partial charge < -0.3 is 18.9 Å². The van der Waals surface area contributed by atoms with E-state index in [9.17, 15) is 0 Å². The maximum atomic E-state index is 7.93. The second kappa shape index (κ2) is 17.9. The van der Waals surface area contributed by atoms with Gasteiger partial charge in [0.15, 0.2) is 0 Å². The first-order valence-corrected chi connectivity index (χ1v) is 30.1. The molecule has 0 fully saturated rings. The average molecular weight is 1070 g/mol. The summed E-state index contributed by atoms with van der Waals surface area (Å²) in [4.78, 5) is 2.54. The third-order valence-corrected chi connectivity index (χ3v) is 18.7. The number of aromatic nitrogens is 1. The lowest BCUT2D eigenvalue weighted by molar-refractivity contribution is 0.475. The number of hydrogen-bond acceptors (Lipinski definition) is 3. The smallest absolute Gasteiger partial charge is 0.256 e. The number of ether oxygens (including phenoxy) is 2. The van der Waals surface area contributed by atoms with Crippen LogP contribution in [0.1, 0.15) is 156 Å². The van der Waals surface area contributed by atoms with Crippen molar-refractivity contribution in [3.8, 4) is 50.9 Å². The van der Waals surface area contributed by atoms with E-state index < -0.39 is 0 Å². The molecule has 1 aromatic heterocycles. The van der Waals surface area contributed by atoms with Gasteiger partial charge >= 0.3 is 0 Å². The van der Waals surface area contributed by atoms with Gasteiger partial charge in [0.05, 0.1) is 16.9 Å². The van der Waals surface area contributed by atoms with Crippen LogP contribution in [0.5, 0.6) is 23.0 Å². The van der Waals surface area contributed by atoms with Crippen LogP contribution in [0.3, 0.4) is 0 Å². The Morgan fingerprint density at radius 1 is 0.378 bits per heavy atom. The van der Waals surface area contributed by atoms with Crippen LogP contribution in [0.15, 0.2) is 158 Å². The van der Waals surface area contributed by atoms with Crippen molar-refractivity contribution < 1.29 is 9.47 Å². The maximum Gasteiger partial charge on any atom is 0.256 e. The molecule has 0 N–H and O–H groups in total. The van der Waals surface area contributed by atoms with Crippen molar-refractivity contribution in [2.45, 2.75) is 144 Å². The number of rotatable bonds is 5. The quantitative estimate of drug-likeness (QED) is 0.161. The van der Waals surface area contributed by atoms with Crippen molar-refractivity contribution in [3.63, 3.8) is 0 Å². The Morgan fingerprint density at radius 3 is 1.34 bits per heavy atom. The first-order valence-electron chi connectivity index (χ1n) is 30.1. The third kappa shape index (κ3) is 8.01. The van der Waals surface area contributed by atoms with Gasteiger partial charge in [0.2, 0.25) is 0 Å². The number of benzene rings is 9. The molecule has 0 atom stereocenters. The lowest BCUT2D eigenvalue weighted by atomic mass is 9.31. The highest BCUT2D eigenvalue weighted by Crippen LogP contribution is 2.52. The third-order valence-electron chi connectivity index (χ3n) is 18.7. The highest BCUT2D eigenvalue weighted by molar-refractivity contribution is 7.02. The lowest BCUT2D eigenvalue weighted by Gasteiger charge is -2.45. The van der Waals surface area contributed by atoms with Crippen LogP contribution >= 0.6 is 0 Å². The number of anilines is 3. The van der Waals surface area contributed by atoms with Crippen molar-refractivity contribution in [1.29, 1.82) is 0 Å². The molecule has 82 heavy (non-hydrogen) atoms. The van der Waals surface area contributed by atoms with Crippen LogP contribution in [0.4, 0.5) is 17.1 Å². The fourth-order valence-corrected chi connectivity index (χ4v) is 13.8. The van der Waals surface area contributed by atoms with Gasteiger partial charge in [-0.1, -0.05) is 220 Å². The SMILES string of the molecule is CC(C)c1ccc(-c2ccc3c(c2)B2c4cc(C(C)(C)C)ccc4N(c4ccc(C(C)(C)C)cc4)c4c5c6c(c(c42)O3)-n2c3ccc(C(C)(C)C)cc3c3cc(C(C)(C)C)cc(c32)B6c2cc(-c3ccc(C(C)C)cc3)ccc2O5)cc1. The highest BCUT2D eigenvalue weighted by Gasteiger charge is 2.52. The second-order valence-corrected chi connectivity index (χ2v) is 29.0. The Kier molecular flexibility index (Phi) is 11.4. The predicted octanol–water partition coefficient (Wildman–Crippen LogP) is 16.9. The van der Waals surface area contributed by atoms with Gasteiger partial charge in [-0.25, -0.2) is 0 Å². The summed E-state index contributed by atoms with van der Waals surface area (Å²) in [6.07, 6.45) is 0. The molecule has 0 radical (unpaired) electrons. The van der Waals surface area contributed by atoms with Crippen LogP contribution in [0.2, 0.25) is 0 Å². The Hall–Kier alpha value is -7.69. The zero-order valence-electron chi connectivity index (χ0n) is 51.0. The zero-order valence-corrected chi connectivity index (χ0v) is 51.0. The molecule has 4 aliphatic heterocycles. The van der Waals surface area contributed by atoms with E-state index in [1.54, 1.807) is 0 Å². The first kappa shape index (κ1) is 52.4. The van der Waals surface area contributed by atoms with Gasteiger partial charge in [-0.05, 0) is 160 Å². The van der Waals surface area contributed by atoms with E-state index in [-0.39, 0.29) is 35.1 Å². The van der Waals surface area contributed by atoms with Crippen LogP contribution < -0.4 is 47.2 Å². The van der Waals surface area contributed by atoms with Gasteiger partial charge in [0.1, 0.15) is 23.0 Å². The summed E-state index contributed by atoms with van der Waals surface area (Å²) < 4.78 is 18.4. The largest absolute Gasteiger partial charge is 0.456 e. The summed E-state index contributed by atoms with van der Waals surface area (Å²) >= 11 is 0. The Morgan fingerprint density at radius 2 is 0.817 bits per heavy atom. The van der Waals surface area contributed by atoms with E-state index in [1.807, 2.05) is 0 Å². The van der Waals surface area contributed by atoms with Crippen LogP contribution in [0.25, 0.3) is 49.7 Å². The van der Waals surface area contributed by atoms with Crippen LogP contribution in [0, 0.1) is 0 Å². The molecule has 0 saturated carbocycles. The summed E-state index contributed by atoms with van der Waals surface area (Å²) in [5.41, 5.74) is 26.2. The number of hydrogen-bond donors (Lipinski definition) is 0.